The Labute approximate surface area is 124 Å². The molecule has 0 aromatic heterocycles. The first kappa shape index (κ1) is 15.2. The van der Waals surface area contributed by atoms with E-state index in [1.54, 1.807) is 19.1 Å². The van der Waals surface area contributed by atoms with Crippen molar-refractivity contribution in [2.75, 3.05) is 32.7 Å². The van der Waals surface area contributed by atoms with Gasteiger partial charge in [0.1, 0.15) is 5.82 Å². The highest BCUT2D eigenvalue weighted by Crippen LogP contribution is 2.22. The number of aryl methyl sites for hydroxylation is 1. The van der Waals surface area contributed by atoms with E-state index in [9.17, 15) is 4.39 Å². The molecule has 108 valence electrons. The van der Waals surface area contributed by atoms with Gasteiger partial charge in [0.15, 0.2) is 0 Å². The summed E-state index contributed by atoms with van der Waals surface area (Å²) in [6.45, 7) is 7.00. The van der Waals surface area contributed by atoms with Gasteiger partial charge in [-0.15, -0.1) is 0 Å². The molecule has 2 rings (SSSR count). The van der Waals surface area contributed by atoms with Crippen LogP contribution in [0.3, 0.4) is 0 Å². The second kappa shape index (κ2) is 7.03. The molecule has 0 saturated carbocycles. The third-order valence-corrected chi connectivity index (χ3v) is 4.08. The van der Waals surface area contributed by atoms with E-state index in [0.717, 1.165) is 38.3 Å². The number of benzene rings is 1. The van der Waals surface area contributed by atoms with Crippen molar-refractivity contribution in [2.24, 2.45) is 0 Å². The van der Waals surface area contributed by atoms with E-state index in [1.165, 1.54) is 0 Å². The lowest BCUT2D eigenvalue weighted by Gasteiger charge is -2.34. The van der Waals surface area contributed by atoms with Crippen LogP contribution in [0.4, 0.5) is 4.39 Å². The van der Waals surface area contributed by atoms with Crippen LogP contribution < -0.4 is 0 Å². The van der Waals surface area contributed by atoms with Gasteiger partial charge < -0.3 is 0 Å². The molecule has 1 heterocycles. The van der Waals surface area contributed by atoms with Gasteiger partial charge in [-0.25, -0.2) is 4.39 Å². The maximum atomic E-state index is 13.6. The topological polar surface area (TPSA) is 30.3 Å². The van der Waals surface area contributed by atoms with E-state index in [4.69, 9.17) is 16.9 Å². The summed E-state index contributed by atoms with van der Waals surface area (Å²) in [7, 11) is 0. The first-order chi connectivity index (χ1) is 9.60. The quantitative estimate of drug-likeness (QED) is 0.856. The summed E-state index contributed by atoms with van der Waals surface area (Å²) in [5.41, 5.74) is 1.43. The number of nitriles is 1. The molecular weight excluding hydrogens is 277 g/mol. The Morgan fingerprint density at radius 1 is 1.25 bits per heavy atom. The summed E-state index contributed by atoms with van der Waals surface area (Å²) < 4.78 is 13.6. The van der Waals surface area contributed by atoms with E-state index in [-0.39, 0.29) is 5.82 Å². The third kappa shape index (κ3) is 3.92. The van der Waals surface area contributed by atoms with Crippen molar-refractivity contribution in [3.05, 3.63) is 34.1 Å². The Morgan fingerprint density at radius 3 is 2.55 bits per heavy atom. The first-order valence-corrected chi connectivity index (χ1v) is 7.24. The predicted molar refractivity (Wildman–Crippen MR) is 78.1 cm³/mol. The molecule has 0 amide bonds. The molecule has 0 radical (unpaired) electrons. The van der Waals surface area contributed by atoms with Crippen LogP contribution in [0, 0.1) is 24.1 Å². The van der Waals surface area contributed by atoms with Gasteiger partial charge in [0, 0.05) is 50.7 Å². The van der Waals surface area contributed by atoms with E-state index in [1.807, 2.05) is 0 Å². The van der Waals surface area contributed by atoms with Crippen LogP contribution in [0.2, 0.25) is 5.02 Å². The highest BCUT2D eigenvalue weighted by atomic mass is 35.5. The zero-order valence-corrected chi connectivity index (χ0v) is 12.5. The highest BCUT2D eigenvalue weighted by Gasteiger charge is 2.18. The van der Waals surface area contributed by atoms with Gasteiger partial charge in [0.25, 0.3) is 0 Å². The Hall–Kier alpha value is -1.15. The molecular formula is C15H19ClFN3. The van der Waals surface area contributed by atoms with Gasteiger partial charge >= 0.3 is 0 Å². The van der Waals surface area contributed by atoms with Crippen molar-refractivity contribution in [3.8, 4) is 6.07 Å². The standard InChI is InChI=1S/C15H19ClFN3/c1-12-9-14(16)13(10-15(12)17)11-20-7-5-19(6-8-20)4-2-3-18/h9-10H,2,4-8,11H2,1H3. The van der Waals surface area contributed by atoms with Crippen LogP contribution >= 0.6 is 11.6 Å². The molecule has 0 N–H and O–H groups in total. The van der Waals surface area contributed by atoms with Crippen LogP contribution in [0.5, 0.6) is 0 Å². The molecule has 3 nitrogen and oxygen atoms in total. The lowest BCUT2D eigenvalue weighted by molar-refractivity contribution is 0.129. The maximum Gasteiger partial charge on any atom is 0.126 e. The van der Waals surface area contributed by atoms with Crippen molar-refractivity contribution in [1.82, 2.24) is 9.80 Å². The number of nitrogens with zero attached hydrogens (tertiary/aromatic N) is 3. The summed E-state index contributed by atoms with van der Waals surface area (Å²) in [4.78, 5) is 4.57. The largest absolute Gasteiger partial charge is 0.300 e. The molecule has 1 aliphatic rings. The van der Waals surface area contributed by atoms with Crippen molar-refractivity contribution >= 4 is 11.6 Å². The average molecular weight is 296 g/mol. The maximum absolute atomic E-state index is 13.6. The molecule has 0 bridgehead atoms. The fourth-order valence-corrected chi connectivity index (χ4v) is 2.71. The minimum atomic E-state index is -0.197. The van der Waals surface area contributed by atoms with E-state index < -0.39 is 0 Å². The van der Waals surface area contributed by atoms with Crippen molar-refractivity contribution in [1.29, 1.82) is 5.26 Å². The molecule has 1 aliphatic heterocycles. The van der Waals surface area contributed by atoms with Crippen molar-refractivity contribution in [3.63, 3.8) is 0 Å². The lowest BCUT2D eigenvalue weighted by Crippen LogP contribution is -2.46. The molecule has 1 aromatic rings. The Kier molecular flexibility index (Phi) is 5.36. The van der Waals surface area contributed by atoms with E-state index in [0.29, 0.717) is 23.6 Å². The minimum absolute atomic E-state index is 0.197. The first-order valence-electron chi connectivity index (χ1n) is 6.86. The van der Waals surface area contributed by atoms with Gasteiger partial charge in [0.2, 0.25) is 0 Å². The molecule has 0 aliphatic carbocycles. The third-order valence-electron chi connectivity index (χ3n) is 3.73. The molecule has 0 spiro atoms. The molecule has 1 fully saturated rings. The van der Waals surface area contributed by atoms with Crippen molar-refractivity contribution in [2.45, 2.75) is 19.9 Å². The lowest BCUT2D eigenvalue weighted by atomic mass is 10.1. The summed E-state index contributed by atoms with van der Waals surface area (Å²) in [6.07, 6.45) is 0.578. The smallest absolute Gasteiger partial charge is 0.126 e. The highest BCUT2D eigenvalue weighted by molar-refractivity contribution is 6.31. The van der Waals surface area contributed by atoms with Crippen LogP contribution in [-0.2, 0) is 6.54 Å². The monoisotopic (exact) mass is 295 g/mol. The number of piperazine rings is 1. The molecule has 1 saturated heterocycles. The number of hydrogen-bond donors (Lipinski definition) is 0. The number of halogens is 2. The predicted octanol–water partition coefficient (Wildman–Crippen LogP) is 2.82. The van der Waals surface area contributed by atoms with Crippen LogP contribution in [-0.4, -0.2) is 42.5 Å². The van der Waals surface area contributed by atoms with Gasteiger partial charge in [-0.3, -0.25) is 9.80 Å². The second-order valence-corrected chi connectivity index (χ2v) is 5.63. The minimum Gasteiger partial charge on any atom is -0.300 e. The van der Waals surface area contributed by atoms with Crippen LogP contribution in [0.15, 0.2) is 12.1 Å². The Bertz CT molecular complexity index is 505. The number of rotatable bonds is 4. The van der Waals surface area contributed by atoms with Crippen molar-refractivity contribution < 1.29 is 4.39 Å². The molecule has 5 heteroatoms. The van der Waals surface area contributed by atoms with Crippen LogP contribution in [0.1, 0.15) is 17.5 Å². The summed E-state index contributed by atoms with van der Waals surface area (Å²) >= 11 is 6.18. The molecule has 0 unspecified atom stereocenters. The zero-order valence-electron chi connectivity index (χ0n) is 11.7. The zero-order chi connectivity index (χ0) is 14.5. The SMILES string of the molecule is Cc1cc(Cl)c(CN2CCN(CCC#N)CC2)cc1F. The number of hydrogen-bond acceptors (Lipinski definition) is 3. The Balaban J connectivity index is 1.90. The van der Waals surface area contributed by atoms with E-state index >= 15 is 0 Å². The van der Waals surface area contributed by atoms with Gasteiger partial charge in [-0.05, 0) is 30.2 Å². The summed E-state index contributed by atoms with van der Waals surface area (Å²) in [5, 5.41) is 9.22. The molecule has 0 atom stereocenters. The molecule has 1 aromatic carbocycles. The molecule has 20 heavy (non-hydrogen) atoms. The Morgan fingerprint density at radius 2 is 1.90 bits per heavy atom. The summed E-state index contributed by atoms with van der Waals surface area (Å²) in [5.74, 6) is -0.197. The summed E-state index contributed by atoms with van der Waals surface area (Å²) in [6, 6.07) is 5.40. The van der Waals surface area contributed by atoms with Gasteiger partial charge in [-0.1, -0.05) is 11.6 Å². The average Bonchev–Trinajstić information content (AvgIpc) is 2.44. The normalized spacial score (nSPS) is 17.1. The van der Waals surface area contributed by atoms with Gasteiger partial charge in [-0.2, -0.15) is 5.26 Å². The fraction of sp³-hybridized carbons (Fsp3) is 0.533. The fourth-order valence-electron chi connectivity index (χ4n) is 2.43. The van der Waals surface area contributed by atoms with E-state index in [2.05, 4.69) is 15.9 Å². The second-order valence-electron chi connectivity index (χ2n) is 5.22. The van der Waals surface area contributed by atoms with Crippen LogP contribution in [0.25, 0.3) is 0 Å². The van der Waals surface area contributed by atoms with Gasteiger partial charge in [0.05, 0.1) is 6.07 Å².